The second kappa shape index (κ2) is 5.14. The number of methoxy groups -OCH3 is 1. The SMILES string of the molecule is COCCCC(O)c1coc2ccccc12. The van der Waals surface area contributed by atoms with E-state index >= 15 is 0 Å². The van der Waals surface area contributed by atoms with E-state index in [4.69, 9.17) is 9.15 Å². The first-order valence-electron chi connectivity index (χ1n) is 5.46. The predicted octanol–water partition coefficient (Wildman–Crippen LogP) is 2.89. The molecular formula is C13H16O3. The fourth-order valence-electron chi connectivity index (χ4n) is 1.83. The Morgan fingerprint density at radius 2 is 2.19 bits per heavy atom. The molecule has 0 amide bonds. The smallest absolute Gasteiger partial charge is 0.134 e. The lowest BCUT2D eigenvalue weighted by molar-refractivity contribution is 0.136. The molecule has 0 aliphatic carbocycles. The molecule has 0 aliphatic rings. The molecule has 1 unspecified atom stereocenters. The predicted molar refractivity (Wildman–Crippen MR) is 62.3 cm³/mol. The van der Waals surface area contributed by atoms with Gasteiger partial charge in [0.15, 0.2) is 0 Å². The van der Waals surface area contributed by atoms with Crippen molar-refractivity contribution < 1.29 is 14.3 Å². The zero-order valence-electron chi connectivity index (χ0n) is 9.35. The summed E-state index contributed by atoms with van der Waals surface area (Å²) in [5.74, 6) is 0. The molecule has 0 radical (unpaired) electrons. The van der Waals surface area contributed by atoms with Crippen LogP contribution in [0.25, 0.3) is 11.0 Å². The van der Waals surface area contributed by atoms with E-state index in [1.54, 1.807) is 13.4 Å². The maximum atomic E-state index is 10.0. The van der Waals surface area contributed by atoms with Gasteiger partial charge in [-0.3, -0.25) is 0 Å². The molecule has 3 nitrogen and oxygen atoms in total. The first-order chi connectivity index (χ1) is 7.83. The number of aliphatic hydroxyl groups excluding tert-OH is 1. The Bertz CT molecular complexity index is 447. The normalized spacial score (nSPS) is 13.1. The van der Waals surface area contributed by atoms with E-state index in [1.807, 2.05) is 24.3 Å². The highest BCUT2D eigenvalue weighted by molar-refractivity contribution is 5.81. The molecule has 0 saturated heterocycles. The Morgan fingerprint density at radius 1 is 1.38 bits per heavy atom. The number of para-hydroxylation sites is 1. The highest BCUT2D eigenvalue weighted by Gasteiger charge is 2.13. The molecule has 0 fully saturated rings. The van der Waals surface area contributed by atoms with Crippen molar-refractivity contribution in [2.24, 2.45) is 0 Å². The number of benzene rings is 1. The summed E-state index contributed by atoms with van der Waals surface area (Å²) in [6.45, 7) is 0.673. The van der Waals surface area contributed by atoms with E-state index in [0.717, 1.165) is 23.0 Å². The third-order valence-corrected chi connectivity index (χ3v) is 2.70. The third kappa shape index (κ3) is 2.26. The minimum atomic E-state index is -0.473. The molecule has 1 N–H and O–H groups in total. The zero-order valence-corrected chi connectivity index (χ0v) is 9.35. The van der Waals surface area contributed by atoms with Crippen LogP contribution >= 0.6 is 0 Å². The van der Waals surface area contributed by atoms with Gasteiger partial charge in [-0.2, -0.15) is 0 Å². The summed E-state index contributed by atoms with van der Waals surface area (Å²) in [6, 6.07) is 7.74. The van der Waals surface area contributed by atoms with Crippen LogP contribution in [-0.4, -0.2) is 18.8 Å². The van der Waals surface area contributed by atoms with E-state index in [9.17, 15) is 5.11 Å². The summed E-state index contributed by atoms with van der Waals surface area (Å²) in [4.78, 5) is 0. The minimum absolute atomic E-state index is 0.473. The maximum absolute atomic E-state index is 10.0. The van der Waals surface area contributed by atoms with Gasteiger partial charge in [-0.05, 0) is 18.9 Å². The summed E-state index contributed by atoms with van der Waals surface area (Å²) >= 11 is 0. The van der Waals surface area contributed by atoms with E-state index in [1.165, 1.54) is 0 Å². The van der Waals surface area contributed by atoms with E-state index in [0.29, 0.717) is 13.0 Å². The van der Waals surface area contributed by atoms with Crippen molar-refractivity contribution in [2.75, 3.05) is 13.7 Å². The van der Waals surface area contributed by atoms with E-state index < -0.39 is 6.10 Å². The molecule has 2 rings (SSSR count). The largest absolute Gasteiger partial charge is 0.464 e. The average molecular weight is 220 g/mol. The van der Waals surface area contributed by atoms with Crippen LogP contribution < -0.4 is 0 Å². The molecule has 1 heterocycles. The van der Waals surface area contributed by atoms with Crippen molar-refractivity contribution in [1.82, 2.24) is 0 Å². The zero-order chi connectivity index (χ0) is 11.4. The van der Waals surface area contributed by atoms with Gasteiger partial charge in [0.25, 0.3) is 0 Å². The first-order valence-corrected chi connectivity index (χ1v) is 5.46. The van der Waals surface area contributed by atoms with Crippen molar-refractivity contribution in [3.8, 4) is 0 Å². The van der Waals surface area contributed by atoms with Crippen LogP contribution in [0.15, 0.2) is 34.9 Å². The molecular weight excluding hydrogens is 204 g/mol. The monoisotopic (exact) mass is 220 g/mol. The van der Waals surface area contributed by atoms with Gasteiger partial charge >= 0.3 is 0 Å². The minimum Gasteiger partial charge on any atom is -0.464 e. The van der Waals surface area contributed by atoms with E-state index in [2.05, 4.69) is 0 Å². The fourth-order valence-corrected chi connectivity index (χ4v) is 1.83. The Morgan fingerprint density at radius 3 is 3.00 bits per heavy atom. The lowest BCUT2D eigenvalue weighted by Crippen LogP contribution is -1.98. The molecule has 16 heavy (non-hydrogen) atoms. The number of aliphatic hydroxyl groups is 1. The highest BCUT2D eigenvalue weighted by atomic mass is 16.5. The number of ether oxygens (including phenoxy) is 1. The van der Waals surface area contributed by atoms with Crippen LogP contribution in [0.1, 0.15) is 24.5 Å². The molecule has 2 aromatic rings. The second-order valence-electron chi connectivity index (χ2n) is 3.84. The highest BCUT2D eigenvalue weighted by Crippen LogP contribution is 2.28. The number of furan rings is 1. The molecule has 0 aliphatic heterocycles. The lowest BCUT2D eigenvalue weighted by Gasteiger charge is -2.08. The van der Waals surface area contributed by atoms with Crippen molar-refractivity contribution in [2.45, 2.75) is 18.9 Å². The van der Waals surface area contributed by atoms with Crippen LogP contribution in [0, 0.1) is 0 Å². The summed E-state index contributed by atoms with van der Waals surface area (Å²) in [7, 11) is 1.67. The standard InChI is InChI=1S/C13H16O3/c1-15-8-4-6-12(14)11-9-16-13-7-3-2-5-10(11)13/h2-3,5,7,9,12,14H,4,6,8H2,1H3. The van der Waals surface area contributed by atoms with Crippen LogP contribution in [0.5, 0.6) is 0 Å². The van der Waals surface area contributed by atoms with Crippen molar-refractivity contribution in [3.05, 3.63) is 36.1 Å². The van der Waals surface area contributed by atoms with Gasteiger partial charge in [-0.15, -0.1) is 0 Å². The Kier molecular flexibility index (Phi) is 3.59. The van der Waals surface area contributed by atoms with Gasteiger partial charge in [-0.25, -0.2) is 0 Å². The van der Waals surface area contributed by atoms with Crippen LogP contribution in [0.4, 0.5) is 0 Å². The molecule has 86 valence electrons. The quantitative estimate of drug-likeness (QED) is 0.788. The number of fused-ring (bicyclic) bond motifs is 1. The molecule has 1 aromatic heterocycles. The molecule has 1 aromatic carbocycles. The van der Waals surface area contributed by atoms with Gasteiger partial charge in [0, 0.05) is 24.7 Å². The van der Waals surface area contributed by atoms with Crippen LogP contribution in [0.2, 0.25) is 0 Å². The van der Waals surface area contributed by atoms with Crippen LogP contribution in [0.3, 0.4) is 0 Å². The Labute approximate surface area is 94.6 Å². The number of hydrogen-bond acceptors (Lipinski definition) is 3. The molecule has 0 spiro atoms. The summed E-state index contributed by atoms with van der Waals surface area (Å²) in [5.41, 5.74) is 1.69. The van der Waals surface area contributed by atoms with Crippen molar-refractivity contribution in [3.63, 3.8) is 0 Å². The topological polar surface area (TPSA) is 42.6 Å². The van der Waals surface area contributed by atoms with Gasteiger partial charge in [0.05, 0.1) is 12.4 Å². The summed E-state index contributed by atoms with van der Waals surface area (Å²) in [6.07, 6.45) is 2.70. The third-order valence-electron chi connectivity index (χ3n) is 2.70. The summed E-state index contributed by atoms with van der Waals surface area (Å²) < 4.78 is 10.3. The summed E-state index contributed by atoms with van der Waals surface area (Å²) in [5, 5.41) is 11.0. The lowest BCUT2D eigenvalue weighted by atomic mass is 10.0. The van der Waals surface area contributed by atoms with Gasteiger partial charge < -0.3 is 14.3 Å². The molecule has 0 saturated carbocycles. The Hall–Kier alpha value is -1.32. The fraction of sp³-hybridized carbons (Fsp3) is 0.385. The number of hydrogen-bond donors (Lipinski definition) is 1. The van der Waals surface area contributed by atoms with Crippen molar-refractivity contribution in [1.29, 1.82) is 0 Å². The maximum Gasteiger partial charge on any atom is 0.134 e. The average Bonchev–Trinajstić information content (AvgIpc) is 2.73. The van der Waals surface area contributed by atoms with Gasteiger partial charge in [0.2, 0.25) is 0 Å². The first kappa shape index (κ1) is 11.2. The van der Waals surface area contributed by atoms with Gasteiger partial charge in [0.1, 0.15) is 5.58 Å². The molecule has 0 bridgehead atoms. The second-order valence-corrected chi connectivity index (χ2v) is 3.84. The Balaban J connectivity index is 2.13. The van der Waals surface area contributed by atoms with Gasteiger partial charge in [-0.1, -0.05) is 18.2 Å². The van der Waals surface area contributed by atoms with Crippen LogP contribution in [-0.2, 0) is 4.74 Å². The number of rotatable bonds is 5. The van der Waals surface area contributed by atoms with Crippen molar-refractivity contribution >= 4 is 11.0 Å². The molecule has 1 atom stereocenters. The van der Waals surface area contributed by atoms with E-state index in [-0.39, 0.29) is 0 Å². The molecule has 3 heteroatoms.